The van der Waals surface area contributed by atoms with Gasteiger partial charge in [0.2, 0.25) is 0 Å². The largest absolute Gasteiger partial charge is 0.303 e. The van der Waals surface area contributed by atoms with E-state index in [1.165, 1.54) is 44.9 Å². The van der Waals surface area contributed by atoms with Gasteiger partial charge in [-0.1, -0.05) is 39.0 Å². The van der Waals surface area contributed by atoms with Crippen molar-refractivity contribution in [1.82, 2.24) is 4.90 Å². The molecule has 2 heteroatoms. The average Bonchev–Trinajstić information content (AvgIpc) is 2.44. The molecule has 2 unspecified atom stereocenters. The van der Waals surface area contributed by atoms with E-state index in [2.05, 4.69) is 18.9 Å². The fraction of sp³-hybridized carbons (Fsp3) is 0.941. The molecule has 2 saturated carbocycles. The Balaban J connectivity index is 1.83. The molecule has 2 rings (SSSR count). The van der Waals surface area contributed by atoms with Crippen molar-refractivity contribution in [1.29, 1.82) is 0 Å². The lowest BCUT2D eigenvalue weighted by molar-refractivity contribution is -0.126. The maximum absolute atomic E-state index is 12.1. The first-order valence-corrected chi connectivity index (χ1v) is 8.43. The Morgan fingerprint density at radius 3 is 2.58 bits per heavy atom. The van der Waals surface area contributed by atoms with Crippen LogP contribution in [0.5, 0.6) is 0 Å². The van der Waals surface area contributed by atoms with Crippen LogP contribution < -0.4 is 0 Å². The number of carbonyl (C=O) groups is 1. The van der Waals surface area contributed by atoms with Gasteiger partial charge >= 0.3 is 0 Å². The van der Waals surface area contributed by atoms with Crippen molar-refractivity contribution in [3.8, 4) is 0 Å². The van der Waals surface area contributed by atoms with Gasteiger partial charge in [0.05, 0.1) is 0 Å². The van der Waals surface area contributed by atoms with Gasteiger partial charge in [-0.15, -0.1) is 0 Å². The minimum Gasteiger partial charge on any atom is -0.303 e. The Bertz CT molecular complexity index is 283. The summed E-state index contributed by atoms with van der Waals surface area (Å²) < 4.78 is 0. The van der Waals surface area contributed by atoms with Crippen LogP contribution in [0.25, 0.3) is 0 Å². The zero-order valence-electron chi connectivity index (χ0n) is 12.9. The predicted octanol–water partition coefficient (Wildman–Crippen LogP) is 4.04. The molecule has 0 aromatic rings. The van der Waals surface area contributed by atoms with E-state index in [0.29, 0.717) is 11.7 Å². The zero-order valence-corrected chi connectivity index (χ0v) is 12.9. The molecule has 19 heavy (non-hydrogen) atoms. The van der Waals surface area contributed by atoms with E-state index in [1.54, 1.807) is 0 Å². The fourth-order valence-electron chi connectivity index (χ4n) is 4.07. The summed E-state index contributed by atoms with van der Waals surface area (Å²) in [6.45, 7) is 3.28. The summed E-state index contributed by atoms with van der Waals surface area (Å²) in [5.74, 6) is 1.68. The lowest BCUT2D eigenvalue weighted by Crippen LogP contribution is -2.40. The minimum absolute atomic E-state index is 0.331. The second kappa shape index (κ2) is 7.42. The number of rotatable bonds is 5. The lowest BCUT2D eigenvalue weighted by Gasteiger charge is -2.36. The highest BCUT2D eigenvalue weighted by Crippen LogP contribution is 2.31. The average molecular weight is 265 g/mol. The third-order valence-corrected chi connectivity index (χ3v) is 5.28. The minimum atomic E-state index is 0.331. The highest BCUT2D eigenvalue weighted by atomic mass is 16.1. The predicted molar refractivity (Wildman–Crippen MR) is 80.2 cm³/mol. The second-order valence-corrected chi connectivity index (χ2v) is 6.82. The van der Waals surface area contributed by atoms with Crippen molar-refractivity contribution in [2.45, 2.75) is 77.2 Å². The van der Waals surface area contributed by atoms with E-state index in [0.717, 1.165) is 37.8 Å². The quantitative estimate of drug-likeness (QED) is 0.748. The van der Waals surface area contributed by atoms with Gasteiger partial charge in [-0.05, 0) is 38.6 Å². The maximum atomic E-state index is 12.1. The number of carbonyl (C=O) groups excluding carboxylic acids is 1. The molecule has 0 bridgehead atoms. The van der Waals surface area contributed by atoms with Gasteiger partial charge < -0.3 is 4.90 Å². The molecule has 2 nitrogen and oxygen atoms in total. The highest BCUT2D eigenvalue weighted by Gasteiger charge is 2.30. The van der Waals surface area contributed by atoms with E-state index in [9.17, 15) is 4.79 Å². The van der Waals surface area contributed by atoms with Crippen LogP contribution in [0.15, 0.2) is 0 Å². The summed E-state index contributed by atoms with van der Waals surface area (Å²) in [6, 6.07) is 0.744. The van der Waals surface area contributed by atoms with Crippen molar-refractivity contribution in [2.24, 2.45) is 11.8 Å². The van der Waals surface area contributed by atoms with E-state index >= 15 is 0 Å². The van der Waals surface area contributed by atoms with Gasteiger partial charge in [0.1, 0.15) is 5.78 Å². The summed E-state index contributed by atoms with van der Waals surface area (Å²) in [6.07, 6.45) is 12.6. The van der Waals surface area contributed by atoms with Crippen molar-refractivity contribution >= 4 is 5.78 Å². The third kappa shape index (κ3) is 4.30. The van der Waals surface area contributed by atoms with Crippen molar-refractivity contribution in [3.05, 3.63) is 0 Å². The lowest BCUT2D eigenvalue weighted by atomic mass is 9.78. The van der Waals surface area contributed by atoms with E-state index in [1.807, 2.05) is 0 Å². The molecule has 0 saturated heterocycles. The van der Waals surface area contributed by atoms with Gasteiger partial charge in [-0.2, -0.15) is 0 Å². The Labute approximate surface area is 118 Å². The van der Waals surface area contributed by atoms with E-state index in [4.69, 9.17) is 0 Å². The number of hydrogen-bond donors (Lipinski definition) is 0. The van der Waals surface area contributed by atoms with Gasteiger partial charge in [-0.25, -0.2) is 0 Å². The van der Waals surface area contributed by atoms with Crippen LogP contribution in [0.2, 0.25) is 0 Å². The molecular weight excluding hydrogens is 234 g/mol. The molecule has 0 amide bonds. The summed E-state index contributed by atoms with van der Waals surface area (Å²) in [4.78, 5) is 14.6. The van der Waals surface area contributed by atoms with Crippen LogP contribution >= 0.6 is 0 Å². The van der Waals surface area contributed by atoms with Crippen LogP contribution in [0.3, 0.4) is 0 Å². The Morgan fingerprint density at radius 2 is 1.89 bits per heavy atom. The maximum Gasteiger partial charge on any atom is 0.137 e. The van der Waals surface area contributed by atoms with Crippen molar-refractivity contribution < 1.29 is 4.79 Å². The van der Waals surface area contributed by atoms with E-state index in [-0.39, 0.29) is 0 Å². The van der Waals surface area contributed by atoms with Crippen molar-refractivity contribution in [3.63, 3.8) is 0 Å². The summed E-state index contributed by atoms with van der Waals surface area (Å²) in [7, 11) is 2.24. The molecule has 0 aromatic heterocycles. The normalized spacial score (nSPS) is 29.9. The van der Waals surface area contributed by atoms with Crippen LogP contribution in [0.4, 0.5) is 0 Å². The van der Waals surface area contributed by atoms with Gasteiger partial charge in [0, 0.05) is 24.9 Å². The van der Waals surface area contributed by atoms with Crippen LogP contribution in [-0.2, 0) is 4.79 Å². The first kappa shape index (κ1) is 15.0. The molecule has 0 aromatic carbocycles. The monoisotopic (exact) mass is 265 g/mol. The summed E-state index contributed by atoms with van der Waals surface area (Å²) >= 11 is 0. The molecule has 0 N–H and O–H groups in total. The molecule has 2 fully saturated rings. The number of hydrogen-bond acceptors (Lipinski definition) is 2. The SMILES string of the molecule is CCCC1CCC(=O)C(CN(C)C2CCCCC2)C1. The molecule has 0 radical (unpaired) electrons. The zero-order chi connectivity index (χ0) is 13.7. The Hall–Kier alpha value is -0.370. The van der Waals surface area contributed by atoms with Crippen LogP contribution in [-0.4, -0.2) is 30.3 Å². The Kier molecular flexibility index (Phi) is 5.87. The third-order valence-electron chi connectivity index (χ3n) is 5.28. The molecule has 110 valence electrons. The van der Waals surface area contributed by atoms with Crippen LogP contribution in [0, 0.1) is 11.8 Å². The summed E-state index contributed by atoms with van der Waals surface area (Å²) in [5.41, 5.74) is 0. The molecular formula is C17H31NO. The van der Waals surface area contributed by atoms with Crippen molar-refractivity contribution in [2.75, 3.05) is 13.6 Å². The highest BCUT2D eigenvalue weighted by molar-refractivity contribution is 5.81. The Morgan fingerprint density at radius 1 is 1.16 bits per heavy atom. The topological polar surface area (TPSA) is 20.3 Å². The molecule has 2 atom stereocenters. The first-order chi connectivity index (χ1) is 9.20. The van der Waals surface area contributed by atoms with Crippen LogP contribution in [0.1, 0.15) is 71.1 Å². The standard InChI is InChI=1S/C17H31NO/c1-3-7-14-10-11-17(19)15(12-14)13-18(2)16-8-5-4-6-9-16/h14-16H,3-13H2,1-2H3. The first-order valence-electron chi connectivity index (χ1n) is 8.43. The molecule has 0 heterocycles. The molecule has 0 aliphatic heterocycles. The number of Topliss-reactive ketones (excluding diaryl/α,β-unsaturated/α-hetero) is 1. The number of nitrogens with zero attached hydrogens (tertiary/aromatic N) is 1. The van der Waals surface area contributed by atoms with Gasteiger partial charge in [0.15, 0.2) is 0 Å². The molecule has 0 spiro atoms. The fourth-order valence-corrected chi connectivity index (χ4v) is 4.07. The number of ketones is 1. The molecule has 2 aliphatic rings. The van der Waals surface area contributed by atoms with E-state index < -0.39 is 0 Å². The van der Waals surface area contributed by atoms with Gasteiger partial charge in [0.25, 0.3) is 0 Å². The summed E-state index contributed by atoms with van der Waals surface area (Å²) in [5, 5.41) is 0. The second-order valence-electron chi connectivity index (χ2n) is 6.82. The molecule has 2 aliphatic carbocycles. The van der Waals surface area contributed by atoms with Gasteiger partial charge in [-0.3, -0.25) is 4.79 Å². The smallest absolute Gasteiger partial charge is 0.137 e.